The number of rotatable bonds is 2. The Morgan fingerprint density at radius 2 is 2.06 bits per heavy atom. The largest absolute Gasteiger partial charge is 0.387 e. The SMILES string of the molecule is Cc1cccc2c(C(O)CN)c(C)n(C)c12. The van der Waals surface area contributed by atoms with E-state index in [0.717, 1.165) is 16.6 Å². The number of aromatic nitrogens is 1. The molecular weight excluding hydrogens is 200 g/mol. The lowest BCUT2D eigenvalue weighted by molar-refractivity contribution is 0.187. The molecule has 0 aliphatic rings. The summed E-state index contributed by atoms with van der Waals surface area (Å²) >= 11 is 0. The normalized spacial score (nSPS) is 13.3. The number of benzene rings is 1. The summed E-state index contributed by atoms with van der Waals surface area (Å²) in [5.74, 6) is 0. The van der Waals surface area contributed by atoms with E-state index in [4.69, 9.17) is 5.73 Å². The molecule has 2 aromatic rings. The first-order chi connectivity index (χ1) is 7.57. The van der Waals surface area contributed by atoms with Crippen LogP contribution in [0, 0.1) is 13.8 Å². The molecule has 0 spiro atoms. The van der Waals surface area contributed by atoms with Gasteiger partial charge in [0, 0.05) is 30.2 Å². The van der Waals surface area contributed by atoms with Gasteiger partial charge in [-0.1, -0.05) is 18.2 Å². The molecule has 2 rings (SSSR count). The van der Waals surface area contributed by atoms with Crippen molar-refractivity contribution in [1.29, 1.82) is 0 Å². The van der Waals surface area contributed by atoms with E-state index >= 15 is 0 Å². The molecule has 16 heavy (non-hydrogen) atoms. The van der Waals surface area contributed by atoms with Crippen LogP contribution in [-0.4, -0.2) is 16.2 Å². The van der Waals surface area contributed by atoms with Gasteiger partial charge in [0.1, 0.15) is 0 Å². The minimum atomic E-state index is -0.578. The van der Waals surface area contributed by atoms with Gasteiger partial charge in [0.05, 0.1) is 11.6 Å². The van der Waals surface area contributed by atoms with Gasteiger partial charge in [-0.15, -0.1) is 0 Å². The summed E-state index contributed by atoms with van der Waals surface area (Å²) in [6, 6.07) is 6.15. The summed E-state index contributed by atoms with van der Waals surface area (Å²) in [5, 5.41) is 11.1. The lowest BCUT2D eigenvalue weighted by Gasteiger charge is -2.08. The Balaban J connectivity index is 2.84. The number of hydrogen-bond donors (Lipinski definition) is 2. The first kappa shape index (κ1) is 11.2. The van der Waals surface area contributed by atoms with Crippen LogP contribution in [0.1, 0.15) is 22.9 Å². The summed E-state index contributed by atoms with van der Waals surface area (Å²) < 4.78 is 2.12. The third kappa shape index (κ3) is 1.44. The van der Waals surface area contributed by atoms with Crippen LogP contribution in [0.25, 0.3) is 10.9 Å². The standard InChI is InChI=1S/C13H18N2O/c1-8-5-4-6-10-12(11(16)7-14)9(2)15(3)13(8)10/h4-6,11,16H,7,14H2,1-3H3. The average molecular weight is 218 g/mol. The third-order valence-corrected chi connectivity index (χ3v) is 3.31. The van der Waals surface area contributed by atoms with Gasteiger partial charge in [-0.25, -0.2) is 0 Å². The fourth-order valence-corrected chi connectivity index (χ4v) is 2.40. The number of aryl methyl sites for hydroxylation is 2. The van der Waals surface area contributed by atoms with Crippen LogP contribution in [0.5, 0.6) is 0 Å². The highest BCUT2D eigenvalue weighted by Crippen LogP contribution is 2.31. The maximum absolute atomic E-state index is 9.97. The van der Waals surface area contributed by atoms with Crippen molar-refractivity contribution in [2.75, 3.05) is 6.54 Å². The minimum Gasteiger partial charge on any atom is -0.387 e. The van der Waals surface area contributed by atoms with E-state index in [1.807, 2.05) is 26.1 Å². The van der Waals surface area contributed by atoms with Crippen molar-refractivity contribution < 1.29 is 5.11 Å². The molecule has 0 amide bonds. The maximum atomic E-state index is 9.97. The molecule has 0 saturated heterocycles. The molecule has 3 nitrogen and oxygen atoms in total. The highest BCUT2D eigenvalue weighted by atomic mass is 16.3. The van der Waals surface area contributed by atoms with Crippen molar-refractivity contribution in [2.24, 2.45) is 12.8 Å². The van der Waals surface area contributed by atoms with Gasteiger partial charge in [-0.2, -0.15) is 0 Å². The second-order valence-electron chi connectivity index (χ2n) is 4.28. The number of nitrogens with zero attached hydrogens (tertiary/aromatic N) is 1. The van der Waals surface area contributed by atoms with Gasteiger partial charge >= 0.3 is 0 Å². The number of fused-ring (bicyclic) bond motifs is 1. The molecule has 3 heteroatoms. The van der Waals surface area contributed by atoms with Crippen molar-refractivity contribution >= 4 is 10.9 Å². The van der Waals surface area contributed by atoms with E-state index in [1.54, 1.807) is 0 Å². The number of aliphatic hydroxyl groups is 1. The molecule has 86 valence electrons. The van der Waals surface area contributed by atoms with Crippen molar-refractivity contribution in [1.82, 2.24) is 4.57 Å². The summed E-state index contributed by atoms with van der Waals surface area (Å²) in [4.78, 5) is 0. The molecule has 0 aliphatic heterocycles. The van der Waals surface area contributed by atoms with Crippen LogP contribution in [0.15, 0.2) is 18.2 Å². The third-order valence-electron chi connectivity index (χ3n) is 3.31. The molecule has 1 heterocycles. The van der Waals surface area contributed by atoms with Crippen LogP contribution in [0.4, 0.5) is 0 Å². The molecule has 0 fully saturated rings. The first-order valence-corrected chi connectivity index (χ1v) is 5.50. The van der Waals surface area contributed by atoms with Crippen molar-refractivity contribution in [3.05, 3.63) is 35.0 Å². The molecule has 1 aromatic carbocycles. The molecular formula is C13H18N2O. The summed E-state index contributed by atoms with van der Waals surface area (Å²) in [5.41, 5.74) is 10.0. The quantitative estimate of drug-likeness (QED) is 0.807. The monoisotopic (exact) mass is 218 g/mol. The van der Waals surface area contributed by atoms with Crippen molar-refractivity contribution in [3.63, 3.8) is 0 Å². The molecule has 0 radical (unpaired) electrons. The number of aliphatic hydroxyl groups excluding tert-OH is 1. The van der Waals surface area contributed by atoms with Crippen LogP contribution in [-0.2, 0) is 7.05 Å². The Kier molecular flexibility index (Phi) is 2.74. The van der Waals surface area contributed by atoms with Gasteiger partial charge in [-0.05, 0) is 19.4 Å². The summed E-state index contributed by atoms with van der Waals surface area (Å²) in [6.07, 6.45) is -0.578. The van der Waals surface area contributed by atoms with Gasteiger partial charge in [0.25, 0.3) is 0 Å². The first-order valence-electron chi connectivity index (χ1n) is 5.50. The second kappa shape index (κ2) is 3.92. The number of nitrogens with two attached hydrogens (primary N) is 1. The van der Waals surface area contributed by atoms with Gasteiger partial charge < -0.3 is 15.4 Å². The summed E-state index contributed by atoms with van der Waals surface area (Å²) in [7, 11) is 2.03. The Morgan fingerprint density at radius 3 is 2.69 bits per heavy atom. The van der Waals surface area contributed by atoms with Gasteiger partial charge in [0.2, 0.25) is 0 Å². The zero-order chi connectivity index (χ0) is 11.9. The van der Waals surface area contributed by atoms with Crippen LogP contribution in [0.3, 0.4) is 0 Å². The van der Waals surface area contributed by atoms with E-state index < -0.39 is 6.10 Å². The number of para-hydroxylation sites is 1. The predicted octanol–water partition coefficient (Wildman–Crippen LogP) is 1.79. The number of hydrogen-bond acceptors (Lipinski definition) is 2. The predicted molar refractivity (Wildman–Crippen MR) is 66.4 cm³/mol. The molecule has 1 unspecified atom stereocenters. The minimum absolute atomic E-state index is 0.258. The average Bonchev–Trinajstić information content (AvgIpc) is 2.52. The van der Waals surface area contributed by atoms with E-state index in [0.29, 0.717) is 0 Å². The molecule has 0 aliphatic carbocycles. The lowest BCUT2D eigenvalue weighted by Crippen LogP contribution is -2.12. The molecule has 1 aromatic heterocycles. The highest BCUT2D eigenvalue weighted by molar-refractivity contribution is 5.88. The fourth-order valence-electron chi connectivity index (χ4n) is 2.40. The second-order valence-corrected chi connectivity index (χ2v) is 4.28. The van der Waals surface area contributed by atoms with Crippen molar-refractivity contribution in [2.45, 2.75) is 20.0 Å². The smallest absolute Gasteiger partial charge is 0.0935 e. The molecule has 3 N–H and O–H groups in total. The molecule has 1 atom stereocenters. The topological polar surface area (TPSA) is 51.2 Å². The molecule has 0 bridgehead atoms. The Bertz CT molecular complexity index is 528. The van der Waals surface area contributed by atoms with Crippen molar-refractivity contribution in [3.8, 4) is 0 Å². The highest BCUT2D eigenvalue weighted by Gasteiger charge is 2.18. The summed E-state index contributed by atoms with van der Waals surface area (Å²) in [6.45, 7) is 4.36. The van der Waals surface area contributed by atoms with E-state index in [-0.39, 0.29) is 6.54 Å². The van der Waals surface area contributed by atoms with E-state index in [1.165, 1.54) is 11.1 Å². The Labute approximate surface area is 95.5 Å². The Morgan fingerprint density at radius 1 is 1.38 bits per heavy atom. The van der Waals surface area contributed by atoms with Gasteiger partial charge in [0.15, 0.2) is 0 Å². The molecule has 0 saturated carbocycles. The lowest BCUT2D eigenvalue weighted by atomic mass is 10.0. The van der Waals surface area contributed by atoms with E-state index in [2.05, 4.69) is 17.6 Å². The van der Waals surface area contributed by atoms with Crippen LogP contribution < -0.4 is 5.73 Å². The van der Waals surface area contributed by atoms with Crippen LogP contribution in [0.2, 0.25) is 0 Å². The fraction of sp³-hybridized carbons (Fsp3) is 0.385. The zero-order valence-corrected chi connectivity index (χ0v) is 9.99. The van der Waals surface area contributed by atoms with E-state index in [9.17, 15) is 5.11 Å². The van der Waals surface area contributed by atoms with Crippen LogP contribution >= 0.6 is 0 Å². The van der Waals surface area contributed by atoms with Gasteiger partial charge in [-0.3, -0.25) is 0 Å². The Hall–Kier alpha value is -1.32. The zero-order valence-electron chi connectivity index (χ0n) is 9.99. The maximum Gasteiger partial charge on any atom is 0.0935 e.